The van der Waals surface area contributed by atoms with Crippen LogP contribution in [0.3, 0.4) is 0 Å². The Balaban J connectivity index is 2.71. The number of carbonyl (C=O) groups is 1. The molecule has 1 atom stereocenters. The fraction of sp³-hybridized carbons (Fsp3) is 0.667. The molecule has 5 nitrogen and oxygen atoms in total. The van der Waals surface area contributed by atoms with Crippen LogP contribution in [0.1, 0.15) is 35.6 Å². The molecule has 0 bridgehead atoms. The van der Waals surface area contributed by atoms with Gasteiger partial charge in [-0.05, 0) is 19.8 Å². The fourth-order valence-electron chi connectivity index (χ4n) is 1.64. The number of nitrogens with zero attached hydrogens (tertiary/aromatic N) is 2. The van der Waals surface area contributed by atoms with E-state index in [0.29, 0.717) is 18.0 Å². The van der Waals surface area contributed by atoms with E-state index in [1.807, 2.05) is 34.7 Å². The summed E-state index contributed by atoms with van der Waals surface area (Å²) in [6.45, 7) is 8.29. The number of nitrogens with one attached hydrogen (secondary N) is 1. The predicted molar refractivity (Wildman–Crippen MR) is 67.8 cm³/mol. The zero-order valence-electron chi connectivity index (χ0n) is 11.2. The molecule has 0 aromatic carbocycles. The maximum Gasteiger partial charge on any atom is 0.255 e. The minimum absolute atomic E-state index is 0.0174. The van der Waals surface area contributed by atoms with Gasteiger partial charge < -0.3 is 11.1 Å². The number of nitrogens with two attached hydrogens (primary N) is 1. The molecular formula is C12H22N4O. The highest BCUT2D eigenvalue weighted by Gasteiger charge is 2.18. The number of rotatable bonds is 4. The van der Waals surface area contributed by atoms with Crippen molar-refractivity contribution < 1.29 is 4.79 Å². The summed E-state index contributed by atoms with van der Waals surface area (Å²) in [6, 6.07) is -0.0174. The van der Waals surface area contributed by atoms with E-state index >= 15 is 0 Å². The van der Waals surface area contributed by atoms with Gasteiger partial charge in [-0.2, -0.15) is 5.10 Å². The first-order valence-corrected chi connectivity index (χ1v) is 5.88. The summed E-state index contributed by atoms with van der Waals surface area (Å²) in [4.78, 5) is 12.0. The van der Waals surface area contributed by atoms with E-state index in [-0.39, 0.29) is 11.9 Å². The van der Waals surface area contributed by atoms with E-state index in [0.717, 1.165) is 11.4 Å². The summed E-state index contributed by atoms with van der Waals surface area (Å²) >= 11 is 0. The van der Waals surface area contributed by atoms with E-state index in [1.165, 1.54) is 0 Å². The topological polar surface area (TPSA) is 72.9 Å². The van der Waals surface area contributed by atoms with Gasteiger partial charge in [0, 0.05) is 25.3 Å². The maximum absolute atomic E-state index is 12.0. The average molecular weight is 238 g/mol. The third-order valence-electron chi connectivity index (χ3n) is 3.09. The molecule has 0 fully saturated rings. The molecule has 0 aliphatic carbocycles. The zero-order chi connectivity index (χ0) is 13.2. The van der Waals surface area contributed by atoms with Crippen LogP contribution in [0.4, 0.5) is 0 Å². The van der Waals surface area contributed by atoms with Crippen LogP contribution in [0, 0.1) is 19.8 Å². The number of carbonyl (C=O) groups excluding carboxylic acids is 1. The van der Waals surface area contributed by atoms with E-state index < -0.39 is 0 Å². The summed E-state index contributed by atoms with van der Waals surface area (Å²) in [5.41, 5.74) is 8.17. The van der Waals surface area contributed by atoms with Crippen molar-refractivity contribution in [3.05, 3.63) is 17.0 Å². The van der Waals surface area contributed by atoms with Crippen LogP contribution >= 0.6 is 0 Å². The molecule has 1 heterocycles. The van der Waals surface area contributed by atoms with Gasteiger partial charge in [-0.3, -0.25) is 9.48 Å². The molecule has 1 unspecified atom stereocenters. The molecule has 0 saturated carbocycles. The number of hydrogen-bond acceptors (Lipinski definition) is 3. The predicted octanol–water partition coefficient (Wildman–Crippen LogP) is 0.750. The summed E-state index contributed by atoms with van der Waals surface area (Å²) < 4.78 is 1.71. The van der Waals surface area contributed by atoms with Gasteiger partial charge in [0.15, 0.2) is 0 Å². The van der Waals surface area contributed by atoms with Gasteiger partial charge in [-0.25, -0.2) is 0 Å². The maximum atomic E-state index is 12.0. The van der Waals surface area contributed by atoms with Gasteiger partial charge >= 0.3 is 0 Å². The highest BCUT2D eigenvalue weighted by Crippen LogP contribution is 2.11. The molecule has 96 valence electrons. The van der Waals surface area contributed by atoms with Crippen molar-refractivity contribution in [2.24, 2.45) is 18.7 Å². The second kappa shape index (κ2) is 5.31. The molecule has 1 aromatic heterocycles. The molecule has 3 N–H and O–H groups in total. The average Bonchev–Trinajstić information content (AvgIpc) is 2.49. The van der Waals surface area contributed by atoms with Gasteiger partial charge in [-0.15, -0.1) is 0 Å². The quantitative estimate of drug-likeness (QED) is 0.813. The summed E-state index contributed by atoms with van der Waals surface area (Å²) in [5.74, 6) is 0.260. The molecule has 1 rings (SSSR count). The molecule has 0 saturated heterocycles. The summed E-state index contributed by atoms with van der Waals surface area (Å²) in [5, 5.41) is 7.08. The van der Waals surface area contributed by atoms with Crippen molar-refractivity contribution in [3.8, 4) is 0 Å². The molecule has 0 aliphatic heterocycles. The molecular weight excluding hydrogens is 216 g/mol. The number of hydrogen-bond donors (Lipinski definition) is 2. The minimum atomic E-state index is -0.0933. The highest BCUT2D eigenvalue weighted by atomic mass is 16.1. The van der Waals surface area contributed by atoms with Gasteiger partial charge in [-0.1, -0.05) is 13.8 Å². The number of aryl methyl sites for hydroxylation is 2. The van der Waals surface area contributed by atoms with E-state index in [4.69, 9.17) is 5.73 Å². The number of aromatic nitrogens is 2. The molecule has 0 spiro atoms. The van der Waals surface area contributed by atoms with Crippen molar-refractivity contribution in [1.82, 2.24) is 15.1 Å². The second-order valence-corrected chi connectivity index (χ2v) is 4.79. The van der Waals surface area contributed by atoms with Crippen molar-refractivity contribution in [3.63, 3.8) is 0 Å². The lowest BCUT2D eigenvalue weighted by atomic mass is 10.1. The smallest absolute Gasteiger partial charge is 0.255 e. The van der Waals surface area contributed by atoms with Crippen molar-refractivity contribution in [2.45, 2.75) is 33.7 Å². The fourth-order valence-corrected chi connectivity index (χ4v) is 1.64. The van der Waals surface area contributed by atoms with Crippen LogP contribution in [0.2, 0.25) is 0 Å². The molecule has 0 aliphatic rings. The van der Waals surface area contributed by atoms with Crippen molar-refractivity contribution in [1.29, 1.82) is 0 Å². The highest BCUT2D eigenvalue weighted by molar-refractivity contribution is 5.96. The van der Waals surface area contributed by atoms with E-state index in [1.54, 1.807) is 4.68 Å². The molecule has 0 radical (unpaired) electrons. The Morgan fingerprint density at radius 2 is 2.06 bits per heavy atom. The van der Waals surface area contributed by atoms with Gasteiger partial charge in [0.1, 0.15) is 0 Å². The summed E-state index contributed by atoms with van der Waals surface area (Å²) in [7, 11) is 1.83. The minimum Gasteiger partial charge on any atom is -0.350 e. The first kappa shape index (κ1) is 13.7. The van der Waals surface area contributed by atoms with E-state index in [9.17, 15) is 4.79 Å². The van der Waals surface area contributed by atoms with Crippen LogP contribution < -0.4 is 11.1 Å². The standard InChI is InChI=1S/C12H22N4O/c1-7(2)10(13)6-14-12(17)11-8(3)15-16(5)9(11)4/h7,10H,6,13H2,1-5H3,(H,14,17). The third kappa shape index (κ3) is 3.06. The second-order valence-electron chi connectivity index (χ2n) is 4.79. The van der Waals surface area contributed by atoms with Crippen LogP contribution in [0.15, 0.2) is 0 Å². The Hall–Kier alpha value is -1.36. The number of amides is 1. The van der Waals surface area contributed by atoms with Crippen LogP contribution in [-0.4, -0.2) is 28.3 Å². The van der Waals surface area contributed by atoms with Gasteiger partial charge in [0.05, 0.1) is 11.3 Å². The SMILES string of the molecule is Cc1nn(C)c(C)c1C(=O)NCC(N)C(C)C. The van der Waals surface area contributed by atoms with Crippen LogP contribution in [0.5, 0.6) is 0 Å². The Morgan fingerprint density at radius 3 is 2.47 bits per heavy atom. The molecule has 1 aromatic rings. The lowest BCUT2D eigenvalue weighted by Crippen LogP contribution is -2.40. The zero-order valence-corrected chi connectivity index (χ0v) is 11.2. The lowest BCUT2D eigenvalue weighted by Gasteiger charge is -2.16. The Labute approximate surface area is 102 Å². The van der Waals surface area contributed by atoms with Gasteiger partial charge in [0.25, 0.3) is 5.91 Å². The Morgan fingerprint density at radius 1 is 1.47 bits per heavy atom. The molecule has 1 amide bonds. The monoisotopic (exact) mass is 238 g/mol. The third-order valence-corrected chi connectivity index (χ3v) is 3.09. The Bertz CT molecular complexity index is 409. The molecule has 5 heteroatoms. The molecule has 17 heavy (non-hydrogen) atoms. The normalized spacial score (nSPS) is 12.9. The Kier molecular flexibility index (Phi) is 4.28. The largest absolute Gasteiger partial charge is 0.350 e. The van der Waals surface area contributed by atoms with Crippen molar-refractivity contribution >= 4 is 5.91 Å². The van der Waals surface area contributed by atoms with Crippen LogP contribution in [0.25, 0.3) is 0 Å². The lowest BCUT2D eigenvalue weighted by molar-refractivity contribution is 0.0948. The van der Waals surface area contributed by atoms with E-state index in [2.05, 4.69) is 10.4 Å². The van der Waals surface area contributed by atoms with Gasteiger partial charge in [0.2, 0.25) is 0 Å². The van der Waals surface area contributed by atoms with Crippen molar-refractivity contribution in [2.75, 3.05) is 6.54 Å². The first-order valence-electron chi connectivity index (χ1n) is 5.88. The van der Waals surface area contributed by atoms with Crippen LogP contribution in [-0.2, 0) is 7.05 Å². The first-order chi connectivity index (χ1) is 7.84. The summed E-state index contributed by atoms with van der Waals surface area (Å²) in [6.07, 6.45) is 0.